The predicted molar refractivity (Wildman–Crippen MR) is 64.7 cm³/mol. The van der Waals surface area contributed by atoms with Crippen molar-refractivity contribution in [3.63, 3.8) is 0 Å². The van der Waals surface area contributed by atoms with Crippen molar-refractivity contribution < 1.29 is 4.74 Å². The van der Waals surface area contributed by atoms with Gasteiger partial charge < -0.3 is 4.74 Å². The van der Waals surface area contributed by atoms with Crippen molar-refractivity contribution in [2.45, 2.75) is 13.8 Å². The van der Waals surface area contributed by atoms with Crippen molar-refractivity contribution >= 4 is 15.9 Å². The Bertz CT molecular complexity index is 522. The van der Waals surface area contributed by atoms with Gasteiger partial charge in [0.25, 0.3) is 0 Å². The fourth-order valence-electron chi connectivity index (χ4n) is 1.38. The number of rotatable bonds is 2. The number of pyridine rings is 1. The van der Waals surface area contributed by atoms with E-state index in [0.29, 0.717) is 11.8 Å². The summed E-state index contributed by atoms with van der Waals surface area (Å²) in [6.07, 6.45) is 1.77. The van der Waals surface area contributed by atoms with E-state index in [-0.39, 0.29) is 0 Å². The number of nitrogens with zero attached hydrogens (tertiary/aromatic N) is 3. The Balaban J connectivity index is 2.30. The van der Waals surface area contributed by atoms with E-state index in [4.69, 9.17) is 4.74 Å². The fraction of sp³-hybridized carbons (Fsp3) is 0.273. The van der Waals surface area contributed by atoms with Gasteiger partial charge in [0, 0.05) is 19.3 Å². The van der Waals surface area contributed by atoms with Crippen LogP contribution in [0.1, 0.15) is 11.3 Å². The lowest BCUT2D eigenvalue weighted by atomic mass is 10.3. The van der Waals surface area contributed by atoms with E-state index in [1.54, 1.807) is 10.9 Å². The summed E-state index contributed by atoms with van der Waals surface area (Å²) < 4.78 is 8.18. The second kappa shape index (κ2) is 4.25. The van der Waals surface area contributed by atoms with Crippen LogP contribution < -0.4 is 4.74 Å². The molecular formula is C11H12BrN3O. The zero-order chi connectivity index (χ0) is 11.7. The zero-order valence-corrected chi connectivity index (χ0v) is 10.9. The van der Waals surface area contributed by atoms with Crippen molar-refractivity contribution in [3.8, 4) is 11.8 Å². The van der Waals surface area contributed by atoms with Crippen molar-refractivity contribution in [2.75, 3.05) is 0 Å². The first-order valence-corrected chi connectivity index (χ1v) is 5.66. The molecule has 0 saturated heterocycles. The molecule has 0 aliphatic rings. The molecule has 5 heteroatoms. The van der Waals surface area contributed by atoms with Gasteiger partial charge in [-0.05, 0) is 41.4 Å². The average molecular weight is 282 g/mol. The highest BCUT2D eigenvalue weighted by atomic mass is 79.9. The van der Waals surface area contributed by atoms with Crippen LogP contribution >= 0.6 is 15.9 Å². The smallest absolute Gasteiger partial charge is 0.235 e. The average Bonchev–Trinajstić information content (AvgIpc) is 2.50. The third-order valence-electron chi connectivity index (χ3n) is 2.10. The van der Waals surface area contributed by atoms with Crippen LogP contribution in [0.3, 0.4) is 0 Å². The Morgan fingerprint density at radius 1 is 1.31 bits per heavy atom. The largest absolute Gasteiger partial charge is 0.420 e. The van der Waals surface area contributed by atoms with Gasteiger partial charge in [-0.2, -0.15) is 5.10 Å². The quantitative estimate of drug-likeness (QED) is 0.850. The highest BCUT2D eigenvalue weighted by molar-refractivity contribution is 9.10. The fourth-order valence-corrected chi connectivity index (χ4v) is 1.92. The Morgan fingerprint density at radius 3 is 2.62 bits per heavy atom. The molecule has 84 valence electrons. The van der Waals surface area contributed by atoms with Gasteiger partial charge in [0.2, 0.25) is 11.8 Å². The van der Waals surface area contributed by atoms with Crippen molar-refractivity contribution in [2.24, 2.45) is 7.05 Å². The van der Waals surface area contributed by atoms with Gasteiger partial charge in [-0.3, -0.25) is 0 Å². The molecule has 2 aromatic heterocycles. The lowest BCUT2D eigenvalue weighted by Crippen LogP contribution is -1.97. The van der Waals surface area contributed by atoms with Gasteiger partial charge in [0.15, 0.2) is 0 Å². The first-order chi connectivity index (χ1) is 7.56. The number of hydrogen-bond donors (Lipinski definition) is 0. The van der Waals surface area contributed by atoms with Crippen LogP contribution in [0.15, 0.2) is 22.8 Å². The second-order valence-corrected chi connectivity index (χ2v) is 4.50. The maximum Gasteiger partial charge on any atom is 0.235 e. The molecule has 0 atom stereocenters. The molecule has 2 rings (SSSR count). The minimum absolute atomic E-state index is 0.550. The summed E-state index contributed by atoms with van der Waals surface area (Å²) in [5.41, 5.74) is 2.00. The molecule has 16 heavy (non-hydrogen) atoms. The first kappa shape index (κ1) is 11.1. The Labute approximate surface area is 102 Å². The number of aromatic nitrogens is 3. The summed E-state index contributed by atoms with van der Waals surface area (Å²) in [7, 11) is 1.84. The van der Waals surface area contributed by atoms with Gasteiger partial charge in [0.1, 0.15) is 0 Å². The number of halogens is 1. The SMILES string of the molecule is Cc1cnc(Oc2cc(C)nn2C)c(Br)c1. The van der Waals surface area contributed by atoms with Crippen molar-refractivity contribution in [3.05, 3.63) is 34.1 Å². The zero-order valence-electron chi connectivity index (χ0n) is 9.36. The molecule has 0 fully saturated rings. The van der Waals surface area contributed by atoms with E-state index in [1.165, 1.54) is 0 Å². The van der Waals surface area contributed by atoms with Gasteiger partial charge >= 0.3 is 0 Å². The third kappa shape index (κ3) is 2.24. The number of ether oxygens (including phenoxy) is 1. The van der Waals surface area contributed by atoms with Crippen LogP contribution in [0.25, 0.3) is 0 Å². The van der Waals surface area contributed by atoms with Crippen LogP contribution in [0.5, 0.6) is 11.8 Å². The topological polar surface area (TPSA) is 39.9 Å². The Kier molecular flexibility index (Phi) is 2.96. The normalized spacial score (nSPS) is 10.5. The van der Waals surface area contributed by atoms with Crippen LogP contribution in [0.4, 0.5) is 0 Å². The predicted octanol–water partition coefficient (Wildman–Crippen LogP) is 2.99. The van der Waals surface area contributed by atoms with Gasteiger partial charge in [-0.15, -0.1) is 0 Å². The molecule has 2 heterocycles. The Morgan fingerprint density at radius 2 is 2.06 bits per heavy atom. The summed E-state index contributed by atoms with van der Waals surface area (Å²) in [6.45, 7) is 3.90. The molecular weight excluding hydrogens is 270 g/mol. The molecule has 0 aliphatic carbocycles. The third-order valence-corrected chi connectivity index (χ3v) is 2.67. The molecule has 0 aromatic carbocycles. The number of aryl methyl sites for hydroxylation is 3. The first-order valence-electron chi connectivity index (χ1n) is 4.87. The highest BCUT2D eigenvalue weighted by Gasteiger charge is 2.08. The van der Waals surface area contributed by atoms with Crippen LogP contribution in [0.2, 0.25) is 0 Å². The molecule has 0 radical (unpaired) electrons. The summed E-state index contributed by atoms with van der Waals surface area (Å²) in [5.74, 6) is 1.23. The summed E-state index contributed by atoms with van der Waals surface area (Å²) in [6, 6.07) is 3.83. The van der Waals surface area contributed by atoms with Crippen LogP contribution in [-0.2, 0) is 7.05 Å². The monoisotopic (exact) mass is 281 g/mol. The lowest BCUT2D eigenvalue weighted by molar-refractivity contribution is 0.413. The maximum absolute atomic E-state index is 5.66. The molecule has 0 unspecified atom stereocenters. The molecule has 0 amide bonds. The summed E-state index contributed by atoms with van der Waals surface area (Å²) >= 11 is 3.42. The molecule has 0 bridgehead atoms. The van der Waals surface area contributed by atoms with Gasteiger partial charge in [0.05, 0.1) is 10.2 Å². The van der Waals surface area contributed by atoms with E-state index in [9.17, 15) is 0 Å². The second-order valence-electron chi connectivity index (χ2n) is 3.65. The minimum atomic E-state index is 0.550. The molecule has 0 spiro atoms. The molecule has 0 aliphatic heterocycles. The van der Waals surface area contributed by atoms with Gasteiger partial charge in [-0.1, -0.05) is 0 Å². The summed E-state index contributed by atoms with van der Waals surface area (Å²) in [5, 5.41) is 4.20. The van der Waals surface area contributed by atoms with E-state index >= 15 is 0 Å². The molecule has 2 aromatic rings. The van der Waals surface area contributed by atoms with Crippen LogP contribution in [0, 0.1) is 13.8 Å². The van der Waals surface area contributed by atoms with Crippen molar-refractivity contribution in [1.29, 1.82) is 0 Å². The van der Waals surface area contributed by atoms with Crippen molar-refractivity contribution in [1.82, 2.24) is 14.8 Å². The minimum Gasteiger partial charge on any atom is -0.420 e. The van der Waals surface area contributed by atoms with E-state index in [2.05, 4.69) is 26.0 Å². The van der Waals surface area contributed by atoms with Gasteiger partial charge in [-0.25, -0.2) is 9.67 Å². The standard InChI is InChI=1S/C11H12BrN3O/c1-7-4-9(12)11(13-6-7)16-10-5-8(2)14-15(10)3/h4-6H,1-3H3. The molecule has 0 N–H and O–H groups in total. The van der Waals surface area contributed by atoms with E-state index < -0.39 is 0 Å². The lowest BCUT2D eigenvalue weighted by Gasteiger charge is -2.06. The van der Waals surface area contributed by atoms with Crippen LogP contribution in [-0.4, -0.2) is 14.8 Å². The Hall–Kier alpha value is -1.36. The number of hydrogen-bond acceptors (Lipinski definition) is 3. The molecule has 4 nitrogen and oxygen atoms in total. The molecule has 0 saturated carbocycles. The maximum atomic E-state index is 5.66. The van der Waals surface area contributed by atoms with E-state index in [1.807, 2.05) is 33.0 Å². The van der Waals surface area contributed by atoms with E-state index in [0.717, 1.165) is 15.7 Å². The summed E-state index contributed by atoms with van der Waals surface area (Å²) in [4.78, 5) is 4.21. The highest BCUT2D eigenvalue weighted by Crippen LogP contribution is 2.27.